The molecule has 0 saturated carbocycles. The molecule has 4 heteroatoms. The van der Waals surface area contributed by atoms with Crippen LogP contribution in [-0.4, -0.2) is 5.26 Å². The number of benzene rings is 4. The summed E-state index contributed by atoms with van der Waals surface area (Å²) in [5.74, 6) is 0. The largest absolute Gasteiger partial charge is 0.220 e. The van der Waals surface area contributed by atoms with Gasteiger partial charge in [0.25, 0.3) is 0 Å². The fourth-order valence-electron chi connectivity index (χ4n) is 4.68. The topological polar surface area (TPSA) is 38.7 Å². The van der Waals surface area contributed by atoms with E-state index in [9.17, 15) is 0 Å². The summed E-state index contributed by atoms with van der Waals surface area (Å²) in [4.78, 5) is 0.872. The van der Waals surface area contributed by atoms with Crippen LogP contribution in [0.25, 0.3) is 21.5 Å². The molecular formula is C29H32O3S. The lowest BCUT2D eigenvalue weighted by Crippen LogP contribution is -2.12. The van der Waals surface area contributed by atoms with Crippen molar-refractivity contribution in [2.24, 2.45) is 0 Å². The Balaban J connectivity index is 1.88. The van der Waals surface area contributed by atoms with Crippen molar-refractivity contribution in [3.05, 3.63) is 89.0 Å². The zero-order valence-electron chi connectivity index (χ0n) is 20.2. The van der Waals surface area contributed by atoms with Crippen LogP contribution >= 0.6 is 12.0 Å². The van der Waals surface area contributed by atoms with Crippen molar-refractivity contribution < 1.29 is 14.6 Å². The highest BCUT2D eigenvalue weighted by Crippen LogP contribution is 2.37. The van der Waals surface area contributed by atoms with E-state index in [2.05, 4.69) is 107 Å². The van der Waals surface area contributed by atoms with Gasteiger partial charge in [-0.15, -0.1) is 4.33 Å². The molecule has 1 N–H and O–H groups in total. The lowest BCUT2D eigenvalue weighted by atomic mass is 9.80. The maximum Gasteiger partial charge on any atom is 0.0714 e. The summed E-state index contributed by atoms with van der Waals surface area (Å²) in [6, 6.07) is 24.1. The predicted molar refractivity (Wildman–Crippen MR) is 139 cm³/mol. The highest BCUT2D eigenvalue weighted by Gasteiger charge is 2.20. The monoisotopic (exact) mass is 460 g/mol. The average molecular weight is 461 g/mol. The second-order valence-corrected chi connectivity index (χ2v) is 11.5. The Bertz CT molecular complexity index is 1300. The van der Waals surface area contributed by atoms with Crippen LogP contribution in [-0.2, 0) is 26.6 Å². The molecule has 3 nitrogen and oxygen atoms in total. The van der Waals surface area contributed by atoms with Crippen molar-refractivity contribution in [2.45, 2.75) is 63.7 Å². The summed E-state index contributed by atoms with van der Waals surface area (Å²) >= 11 is 0.999. The van der Waals surface area contributed by atoms with Crippen LogP contribution in [0.3, 0.4) is 0 Å². The minimum atomic E-state index is 0.0250. The molecule has 0 aliphatic rings. The smallest absolute Gasteiger partial charge is 0.0714 e. The Morgan fingerprint density at radius 2 is 1.21 bits per heavy atom. The summed E-state index contributed by atoms with van der Waals surface area (Å²) in [5.41, 5.74) is 5.37. The van der Waals surface area contributed by atoms with E-state index in [0.717, 1.165) is 23.4 Å². The van der Waals surface area contributed by atoms with Crippen LogP contribution in [0.1, 0.15) is 63.8 Å². The predicted octanol–water partition coefficient (Wildman–Crippen LogP) is 8.61. The normalized spacial score (nSPS) is 12.6. The van der Waals surface area contributed by atoms with Crippen LogP contribution < -0.4 is 0 Å². The third-order valence-corrected chi connectivity index (χ3v) is 6.83. The maximum atomic E-state index is 8.58. The van der Waals surface area contributed by atoms with Crippen LogP contribution in [0.4, 0.5) is 0 Å². The summed E-state index contributed by atoms with van der Waals surface area (Å²) < 4.78 is 4.70. The Labute approximate surface area is 200 Å². The van der Waals surface area contributed by atoms with Gasteiger partial charge in [-0.25, -0.2) is 5.26 Å². The zero-order valence-corrected chi connectivity index (χ0v) is 21.0. The molecule has 4 rings (SSSR count). The highest BCUT2D eigenvalue weighted by molar-refractivity contribution is 7.94. The standard InChI is InChI=1S/C29H32O3S/c1-28(2,3)26-15-11-19(22-9-7-8-10-23(22)26)17-20-12-16-27(29(4,5)6)24-14-13-21(18-25(20)24)33-32-31-30/h7-16,18,30H,17H2,1-6H3. The first-order chi connectivity index (χ1) is 15.6. The zero-order chi connectivity index (χ0) is 23.8. The van der Waals surface area contributed by atoms with Gasteiger partial charge in [-0.2, -0.15) is 0 Å². The lowest BCUT2D eigenvalue weighted by molar-refractivity contribution is -0.432. The lowest BCUT2D eigenvalue weighted by Gasteiger charge is -2.24. The van der Waals surface area contributed by atoms with Crippen molar-refractivity contribution in [1.82, 2.24) is 0 Å². The summed E-state index contributed by atoms with van der Waals surface area (Å²) in [6.45, 7) is 13.5. The Morgan fingerprint density at radius 3 is 1.79 bits per heavy atom. The molecular weight excluding hydrogens is 428 g/mol. The summed E-state index contributed by atoms with van der Waals surface area (Å²) in [7, 11) is 0. The molecule has 0 saturated heterocycles. The third kappa shape index (κ3) is 4.95. The van der Waals surface area contributed by atoms with E-state index in [-0.39, 0.29) is 10.8 Å². The van der Waals surface area contributed by atoms with Gasteiger partial charge in [0.1, 0.15) is 0 Å². The van der Waals surface area contributed by atoms with Crippen LogP contribution in [0, 0.1) is 0 Å². The molecule has 0 aliphatic carbocycles. The van der Waals surface area contributed by atoms with Crippen LogP contribution in [0.2, 0.25) is 0 Å². The summed E-state index contributed by atoms with van der Waals surface area (Å²) in [6.07, 6.45) is 0.831. The highest BCUT2D eigenvalue weighted by atomic mass is 32.2. The summed E-state index contributed by atoms with van der Waals surface area (Å²) in [5, 5.41) is 17.5. The first-order valence-electron chi connectivity index (χ1n) is 11.3. The van der Waals surface area contributed by atoms with Gasteiger partial charge in [0, 0.05) is 4.90 Å². The first-order valence-corrected chi connectivity index (χ1v) is 12.1. The van der Waals surface area contributed by atoms with Crippen molar-refractivity contribution in [3.8, 4) is 0 Å². The molecule has 0 bridgehead atoms. The van der Waals surface area contributed by atoms with E-state index in [1.807, 2.05) is 6.07 Å². The van der Waals surface area contributed by atoms with E-state index in [1.54, 1.807) is 0 Å². The van der Waals surface area contributed by atoms with E-state index in [1.165, 1.54) is 43.8 Å². The maximum absolute atomic E-state index is 8.58. The molecule has 172 valence electrons. The van der Waals surface area contributed by atoms with E-state index in [0.29, 0.717) is 0 Å². The van der Waals surface area contributed by atoms with Crippen LogP contribution in [0.15, 0.2) is 71.6 Å². The van der Waals surface area contributed by atoms with Crippen molar-refractivity contribution in [2.75, 3.05) is 0 Å². The molecule has 33 heavy (non-hydrogen) atoms. The average Bonchev–Trinajstić information content (AvgIpc) is 2.76. The molecule has 0 radical (unpaired) electrons. The van der Waals surface area contributed by atoms with Gasteiger partial charge in [-0.1, -0.05) is 101 Å². The molecule has 0 aliphatic heterocycles. The fraction of sp³-hybridized carbons (Fsp3) is 0.310. The van der Waals surface area contributed by atoms with Crippen molar-refractivity contribution in [1.29, 1.82) is 0 Å². The molecule has 0 amide bonds. The Hall–Kier alpha value is -2.37. The third-order valence-electron chi connectivity index (χ3n) is 6.25. The Morgan fingerprint density at radius 1 is 0.667 bits per heavy atom. The van der Waals surface area contributed by atoms with Gasteiger partial charge >= 0.3 is 0 Å². The second-order valence-electron chi connectivity index (χ2n) is 10.7. The van der Waals surface area contributed by atoms with Gasteiger partial charge in [0.2, 0.25) is 0 Å². The number of hydrogen-bond donors (Lipinski definition) is 1. The van der Waals surface area contributed by atoms with Gasteiger partial charge in [0.15, 0.2) is 0 Å². The molecule has 0 heterocycles. The molecule has 0 spiro atoms. The minimum Gasteiger partial charge on any atom is -0.220 e. The van der Waals surface area contributed by atoms with E-state index >= 15 is 0 Å². The van der Waals surface area contributed by atoms with Crippen molar-refractivity contribution in [3.63, 3.8) is 0 Å². The minimum absolute atomic E-state index is 0.0250. The van der Waals surface area contributed by atoms with Gasteiger partial charge < -0.3 is 0 Å². The van der Waals surface area contributed by atoms with Gasteiger partial charge in [0.05, 0.1) is 12.0 Å². The SMILES string of the molecule is CC(C)(C)c1ccc(Cc2ccc(C(C)(C)C)c3ccc(SOOO)cc23)c2ccccc12. The van der Waals surface area contributed by atoms with E-state index < -0.39 is 0 Å². The number of rotatable bonds is 5. The molecule has 0 atom stereocenters. The van der Waals surface area contributed by atoms with E-state index in [4.69, 9.17) is 9.59 Å². The van der Waals surface area contributed by atoms with Gasteiger partial charge in [-0.3, -0.25) is 0 Å². The quantitative estimate of drug-likeness (QED) is 0.184. The number of hydrogen-bond acceptors (Lipinski definition) is 4. The first kappa shape index (κ1) is 23.8. The molecule has 4 aromatic carbocycles. The molecule has 4 aromatic rings. The fourth-order valence-corrected chi connectivity index (χ4v) is 5.08. The Kier molecular flexibility index (Phi) is 6.56. The molecule has 0 fully saturated rings. The van der Waals surface area contributed by atoms with Crippen LogP contribution in [0.5, 0.6) is 0 Å². The second kappa shape index (κ2) is 9.11. The van der Waals surface area contributed by atoms with Gasteiger partial charge in [-0.05, 0) is 73.2 Å². The number of fused-ring (bicyclic) bond motifs is 2. The molecule has 0 aromatic heterocycles. The van der Waals surface area contributed by atoms with Crippen molar-refractivity contribution >= 4 is 33.6 Å². The molecule has 0 unspecified atom stereocenters.